The van der Waals surface area contributed by atoms with Gasteiger partial charge in [0.1, 0.15) is 0 Å². The number of rotatable bonds is 0. The second-order valence-electron chi connectivity index (χ2n) is 4.17. The zero-order valence-electron chi connectivity index (χ0n) is 8.74. The van der Waals surface area contributed by atoms with E-state index in [1.165, 1.54) is 6.07 Å². The second kappa shape index (κ2) is 3.72. The lowest BCUT2D eigenvalue weighted by Crippen LogP contribution is -2.11. The Bertz CT molecular complexity index is 693. The number of benzene rings is 1. The molecule has 0 fully saturated rings. The number of nitrogens with one attached hydrogen (secondary N) is 1. The lowest BCUT2D eigenvalue weighted by molar-refractivity contribution is 0.630. The van der Waals surface area contributed by atoms with Gasteiger partial charge in [-0.2, -0.15) is 0 Å². The molecule has 3 rings (SSSR count). The van der Waals surface area contributed by atoms with E-state index in [0.717, 1.165) is 30.5 Å². The predicted octanol–water partition coefficient (Wildman–Crippen LogP) is 3.46. The number of aromatic amines is 1. The van der Waals surface area contributed by atoms with Crippen LogP contribution in [0.15, 0.2) is 10.9 Å². The van der Waals surface area contributed by atoms with Crippen LogP contribution in [0.2, 0.25) is 10.0 Å². The fourth-order valence-corrected chi connectivity index (χ4v) is 2.90. The van der Waals surface area contributed by atoms with E-state index in [0.29, 0.717) is 5.52 Å². The molecule has 0 saturated heterocycles. The molecule has 1 aliphatic carbocycles. The van der Waals surface area contributed by atoms with Crippen LogP contribution < -0.4 is 5.43 Å². The molecule has 1 heterocycles. The van der Waals surface area contributed by atoms with Crippen LogP contribution in [-0.2, 0) is 12.8 Å². The molecule has 2 nitrogen and oxygen atoms in total. The Labute approximate surface area is 106 Å². The van der Waals surface area contributed by atoms with E-state index in [2.05, 4.69) is 4.98 Å². The maximum absolute atomic E-state index is 13.6. The Kier molecular flexibility index (Phi) is 2.42. The number of halogens is 3. The first-order chi connectivity index (χ1) is 8.09. The smallest absolute Gasteiger partial charge is 0.194 e. The second-order valence-corrected chi connectivity index (χ2v) is 4.96. The zero-order chi connectivity index (χ0) is 12.2. The molecule has 0 aliphatic heterocycles. The van der Waals surface area contributed by atoms with Crippen LogP contribution in [0.25, 0.3) is 10.9 Å². The monoisotopic (exact) mass is 271 g/mol. The first-order valence-corrected chi connectivity index (χ1v) is 6.06. The van der Waals surface area contributed by atoms with Crippen molar-refractivity contribution in [2.24, 2.45) is 0 Å². The standard InChI is InChI=1S/C12H8Cl2FNO/c13-6-4-8-9(10(14)11(6)15)12(17)5-2-1-3-7(5)16-8/h4H,1-3H2,(H,16,17). The van der Waals surface area contributed by atoms with E-state index in [1.807, 2.05) is 0 Å². The SMILES string of the molecule is O=c1c2c([nH]c3cc(Cl)c(F)c(Cl)c13)CCC2. The van der Waals surface area contributed by atoms with Crippen molar-refractivity contribution in [2.45, 2.75) is 19.3 Å². The summed E-state index contributed by atoms with van der Waals surface area (Å²) in [7, 11) is 0. The third-order valence-electron chi connectivity index (χ3n) is 3.17. The Morgan fingerprint density at radius 3 is 2.82 bits per heavy atom. The highest BCUT2D eigenvalue weighted by molar-refractivity contribution is 6.38. The number of hydrogen-bond donors (Lipinski definition) is 1. The lowest BCUT2D eigenvalue weighted by Gasteiger charge is -2.07. The molecule has 1 aliphatic rings. The topological polar surface area (TPSA) is 32.9 Å². The van der Waals surface area contributed by atoms with Gasteiger partial charge < -0.3 is 4.98 Å². The third kappa shape index (κ3) is 1.49. The molecule has 17 heavy (non-hydrogen) atoms. The third-order valence-corrected chi connectivity index (χ3v) is 3.80. The van der Waals surface area contributed by atoms with Crippen LogP contribution >= 0.6 is 23.2 Å². The van der Waals surface area contributed by atoms with Crippen LogP contribution in [0.1, 0.15) is 17.7 Å². The van der Waals surface area contributed by atoms with Crippen molar-refractivity contribution in [3.05, 3.63) is 43.4 Å². The number of pyridine rings is 1. The Morgan fingerprint density at radius 2 is 2.06 bits per heavy atom. The minimum absolute atomic E-state index is 0.0731. The van der Waals surface area contributed by atoms with E-state index in [1.54, 1.807) is 0 Å². The van der Waals surface area contributed by atoms with E-state index < -0.39 is 5.82 Å². The van der Waals surface area contributed by atoms with Crippen molar-refractivity contribution in [3.63, 3.8) is 0 Å². The molecule has 1 aromatic carbocycles. The van der Waals surface area contributed by atoms with Crippen LogP contribution in [-0.4, -0.2) is 4.98 Å². The molecule has 0 atom stereocenters. The Morgan fingerprint density at radius 1 is 1.29 bits per heavy atom. The summed E-state index contributed by atoms with van der Waals surface area (Å²) < 4.78 is 13.6. The average Bonchev–Trinajstić information content (AvgIpc) is 2.74. The molecule has 0 unspecified atom stereocenters. The van der Waals surface area contributed by atoms with E-state index in [-0.39, 0.29) is 20.9 Å². The highest BCUT2D eigenvalue weighted by atomic mass is 35.5. The molecular weight excluding hydrogens is 264 g/mol. The number of fused-ring (bicyclic) bond motifs is 2. The highest BCUT2D eigenvalue weighted by Crippen LogP contribution is 2.31. The lowest BCUT2D eigenvalue weighted by atomic mass is 10.1. The number of aromatic nitrogens is 1. The quantitative estimate of drug-likeness (QED) is 0.732. The average molecular weight is 272 g/mol. The summed E-state index contributed by atoms with van der Waals surface area (Å²) in [6.45, 7) is 0. The van der Waals surface area contributed by atoms with Crippen molar-refractivity contribution < 1.29 is 4.39 Å². The van der Waals surface area contributed by atoms with Crippen molar-refractivity contribution in [1.29, 1.82) is 0 Å². The van der Waals surface area contributed by atoms with E-state index in [9.17, 15) is 9.18 Å². The first kappa shape index (κ1) is 11.1. The van der Waals surface area contributed by atoms with Gasteiger partial charge in [0, 0.05) is 11.3 Å². The van der Waals surface area contributed by atoms with Gasteiger partial charge in [-0.1, -0.05) is 23.2 Å². The summed E-state index contributed by atoms with van der Waals surface area (Å²) in [6, 6.07) is 1.41. The molecule has 1 aromatic heterocycles. The molecule has 88 valence electrons. The Hall–Kier alpha value is -1.06. The fraction of sp³-hybridized carbons (Fsp3) is 0.250. The van der Waals surface area contributed by atoms with Crippen molar-refractivity contribution in [1.82, 2.24) is 4.98 Å². The maximum Gasteiger partial charge on any atom is 0.194 e. The fourth-order valence-electron chi connectivity index (χ4n) is 2.36. The summed E-state index contributed by atoms with van der Waals surface area (Å²) in [4.78, 5) is 15.3. The molecule has 0 radical (unpaired) electrons. The molecule has 0 amide bonds. The normalized spacial score (nSPS) is 14.3. The number of H-pyrrole nitrogens is 1. The minimum Gasteiger partial charge on any atom is -0.358 e. The predicted molar refractivity (Wildman–Crippen MR) is 66.6 cm³/mol. The highest BCUT2D eigenvalue weighted by Gasteiger charge is 2.21. The molecule has 2 aromatic rings. The molecule has 5 heteroatoms. The number of aryl methyl sites for hydroxylation is 1. The minimum atomic E-state index is -0.732. The van der Waals surface area contributed by atoms with Crippen LogP contribution in [0.4, 0.5) is 4.39 Å². The van der Waals surface area contributed by atoms with Gasteiger partial charge in [-0.05, 0) is 25.3 Å². The maximum atomic E-state index is 13.6. The van der Waals surface area contributed by atoms with Crippen LogP contribution in [0, 0.1) is 5.82 Å². The van der Waals surface area contributed by atoms with Gasteiger partial charge in [0.05, 0.1) is 20.9 Å². The van der Waals surface area contributed by atoms with Gasteiger partial charge in [0.15, 0.2) is 11.2 Å². The summed E-state index contributed by atoms with van der Waals surface area (Å²) in [6.07, 6.45) is 2.50. The van der Waals surface area contributed by atoms with Gasteiger partial charge >= 0.3 is 0 Å². The van der Waals surface area contributed by atoms with Crippen LogP contribution in [0.3, 0.4) is 0 Å². The van der Waals surface area contributed by atoms with Gasteiger partial charge in [-0.15, -0.1) is 0 Å². The van der Waals surface area contributed by atoms with Crippen molar-refractivity contribution in [3.8, 4) is 0 Å². The molecule has 0 bridgehead atoms. The molecule has 1 N–H and O–H groups in total. The Balaban J connectivity index is 2.53. The molecular formula is C12H8Cl2FNO. The first-order valence-electron chi connectivity index (χ1n) is 5.31. The summed E-state index contributed by atoms with van der Waals surface area (Å²) >= 11 is 11.6. The van der Waals surface area contributed by atoms with Gasteiger partial charge in [-0.25, -0.2) is 4.39 Å². The largest absolute Gasteiger partial charge is 0.358 e. The van der Waals surface area contributed by atoms with Crippen molar-refractivity contribution in [2.75, 3.05) is 0 Å². The summed E-state index contributed by atoms with van der Waals surface area (Å²) in [5, 5.41) is -0.0613. The van der Waals surface area contributed by atoms with Crippen molar-refractivity contribution >= 4 is 34.1 Å². The summed E-state index contributed by atoms with van der Waals surface area (Å²) in [5.41, 5.74) is 1.97. The van der Waals surface area contributed by atoms with E-state index in [4.69, 9.17) is 23.2 Å². The van der Waals surface area contributed by atoms with Gasteiger partial charge in [0.25, 0.3) is 0 Å². The van der Waals surface area contributed by atoms with Crippen LogP contribution in [0.5, 0.6) is 0 Å². The zero-order valence-corrected chi connectivity index (χ0v) is 10.3. The van der Waals surface area contributed by atoms with Gasteiger partial charge in [-0.3, -0.25) is 4.79 Å². The summed E-state index contributed by atoms with van der Waals surface area (Å²) in [5.74, 6) is -0.732. The molecule has 0 saturated carbocycles. The molecule has 0 spiro atoms. The van der Waals surface area contributed by atoms with Gasteiger partial charge in [0.2, 0.25) is 0 Å². The number of hydrogen-bond acceptors (Lipinski definition) is 1. The van der Waals surface area contributed by atoms with E-state index >= 15 is 0 Å².